The number of benzene rings is 3. The molecule has 106 valence electrons. The van der Waals surface area contributed by atoms with E-state index in [0.717, 1.165) is 21.7 Å². The van der Waals surface area contributed by atoms with Crippen LogP contribution in [0.1, 0.15) is 22.7 Å². The van der Waals surface area contributed by atoms with Gasteiger partial charge in [0.25, 0.3) is 0 Å². The Kier molecular flexibility index (Phi) is 3.93. The highest BCUT2D eigenvalue weighted by Crippen LogP contribution is 2.28. The van der Waals surface area contributed by atoms with Crippen molar-refractivity contribution in [2.45, 2.75) is 13.0 Å². The van der Waals surface area contributed by atoms with Crippen LogP contribution in [-0.2, 0) is 0 Å². The van der Waals surface area contributed by atoms with Crippen LogP contribution in [0, 0.1) is 6.92 Å². The minimum atomic E-state index is -0.0756. The minimum absolute atomic E-state index is 0.0756. The molecule has 3 aromatic carbocycles. The van der Waals surface area contributed by atoms with E-state index in [1.165, 1.54) is 10.8 Å². The van der Waals surface area contributed by atoms with E-state index in [1.54, 1.807) is 0 Å². The second kappa shape index (κ2) is 5.86. The number of aryl methyl sites for hydroxylation is 1. The van der Waals surface area contributed by atoms with Crippen LogP contribution in [0.15, 0.2) is 60.7 Å². The summed E-state index contributed by atoms with van der Waals surface area (Å²) in [5, 5.41) is 3.14. The summed E-state index contributed by atoms with van der Waals surface area (Å²) in [4.78, 5) is 0. The topological polar surface area (TPSA) is 38.0 Å². The molecule has 0 saturated heterocycles. The molecule has 0 spiro atoms. The van der Waals surface area contributed by atoms with Gasteiger partial charge in [0, 0.05) is 5.02 Å². The van der Waals surface area contributed by atoms with Gasteiger partial charge in [-0.3, -0.25) is 5.84 Å². The van der Waals surface area contributed by atoms with E-state index in [9.17, 15) is 0 Å². The SMILES string of the molecule is Cc1ccc(Cl)cc1C(NN)c1ccc2ccccc2c1. The molecule has 0 bridgehead atoms. The van der Waals surface area contributed by atoms with E-state index in [4.69, 9.17) is 17.4 Å². The summed E-state index contributed by atoms with van der Waals surface area (Å²) in [7, 11) is 0. The lowest BCUT2D eigenvalue weighted by Gasteiger charge is -2.20. The van der Waals surface area contributed by atoms with E-state index in [1.807, 2.05) is 30.3 Å². The van der Waals surface area contributed by atoms with Crippen molar-refractivity contribution in [1.82, 2.24) is 5.43 Å². The molecule has 1 atom stereocenters. The Morgan fingerprint density at radius 1 is 0.952 bits per heavy atom. The summed E-state index contributed by atoms with van der Waals surface area (Å²) < 4.78 is 0. The van der Waals surface area contributed by atoms with Crippen LogP contribution in [0.4, 0.5) is 0 Å². The van der Waals surface area contributed by atoms with Crippen LogP contribution in [0.3, 0.4) is 0 Å². The monoisotopic (exact) mass is 296 g/mol. The number of fused-ring (bicyclic) bond motifs is 1. The summed E-state index contributed by atoms with van der Waals surface area (Å²) in [5.41, 5.74) is 6.30. The fourth-order valence-electron chi connectivity index (χ4n) is 2.68. The number of halogens is 1. The number of hydrogen-bond donors (Lipinski definition) is 2. The van der Waals surface area contributed by atoms with Crippen molar-refractivity contribution < 1.29 is 0 Å². The fourth-order valence-corrected chi connectivity index (χ4v) is 2.86. The van der Waals surface area contributed by atoms with Gasteiger partial charge < -0.3 is 0 Å². The maximum Gasteiger partial charge on any atom is 0.0713 e. The van der Waals surface area contributed by atoms with Crippen molar-refractivity contribution in [2.24, 2.45) is 5.84 Å². The quantitative estimate of drug-likeness (QED) is 0.557. The first-order chi connectivity index (χ1) is 10.2. The van der Waals surface area contributed by atoms with Crippen LogP contribution < -0.4 is 11.3 Å². The highest BCUT2D eigenvalue weighted by atomic mass is 35.5. The van der Waals surface area contributed by atoms with Gasteiger partial charge >= 0.3 is 0 Å². The lowest BCUT2D eigenvalue weighted by molar-refractivity contribution is 0.634. The summed E-state index contributed by atoms with van der Waals surface area (Å²) in [6.45, 7) is 2.07. The molecule has 0 aliphatic carbocycles. The van der Waals surface area contributed by atoms with Crippen molar-refractivity contribution in [3.8, 4) is 0 Å². The van der Waals surface area contributed by atoms with Crippen molar-refractivity contribution in [3.05, 3.63) is 82.4 Å². The lowest BCUT2D eigenvalue weighted by Crippen LogP contribution is -2.29. The van der Waals surface area contributed by atoms with Crippen LogP contribution >= 0.6 is 11.6 Å². The van der Waals surface area contributed by atoms with Gasteiger partial charge in [-0.15, -0.1) is 0 Å². The van der Waals surface area contributed by atoms with Crippen molar-refractivity contribution in [3.63, 3.8) is 0 Å². The molecule has 0 amide bonds. The summed E-state index contributed by atoms with van der Waals surface area (Å²) >= 11 is 6.13. The third kappa shape index (κ3) is 2.79. The number of rotatable bonds is 3. The molecular formula is C18H17ClN2. The average Bonchev–Trinajstić information content (AvgIpc) is 2.51. The Morgan fingerprint density at radius 3 is 2.48 bits per heavy atom. The van der Waals surface area contributed by atoms with Gasteiger partial charge in [0.1, 0.15) is 0 Å². The first-order valence-electron chi connectivity index (χ1n) is 6.90. The van der Waals surface area contributed by atoms with Gasteiger partial charge in [0.05, 0.1) is 6.04 Å². The Hall–Kier alpha value is -1.87. The molecule has 0 aromatic heterocycles. The normalized spacial score (nSPS) is 12.5. The largest absolute Gasteiger partial charge is 0.271 e. The second-order valence-electron chi connectivity index (χ2n) is 5.21. The number of nitrogens with one attached hydrogen (secondary N) is 1. The van der Waals surface area contributed by atoms with Gasteiger partial charge in [-0.25, -0.2) is 5.43 Å². The zero-order valence-corrected chi connectivity index (χ0v) is 12.6. The van der Waals surface area contributed by atoms with Crippen LogP contribution in [-0.4, -0.2) is 0 Å². The Bertz CT molecular complexity index is 783. The van der Waals surface area contributed by atoms with E-state index in [0.29, 0.717) is 0 Å². The van der Waals surface area contributed by atoms with E-state index in [-0.39, 0.29) is 6.04 Å². The molecule has 1 unspecified atom stereocenters. The number of nitrogens with two attached hydrogens (primary N) is 1. The Morgan fingerprint density at radius 2 is 1.71 bits per heavy atom. The Balaban J connectivity index is 2.11. The predicted molar refractivity (Wildman–Crippen MR) is 89.3 cm³/mol. The highest BCUT2D eigenvalue weighted by Gasteiger charge is 2.15. The summed E-state index contributed by atoms with van der Waals surface area (Å²) in [6.07, 6.45) is 0. The number of hydrazine groups is 1. The Labute approximate surface area is 129 Å². The molecule has 0 fully saturated rings. The molecular weight excluding hydrogens is 280 g/mol. The van der Waals surface area contributed by atoms with E-state index >= 15 is 0 Å². The molecule has 3 heteroatoms. The molecule has 0 saturated carbocycles. The predicted octanol–water partition coefficient (Wildman–Crippen LogP) is 4.35. The molecule has 21 heavy (non-hydrogen) atoms. The summed E-state index contributed by atoms with van der Waals surface area (Å²) in [6, 6.07) is 20.5. The highest BCUT2D eigenvalue weighted by molar-refractivity contribution is 6.30. The molecule has 2 nitrogen and oxygen atoms in total. The zero-order chi connectivity index (χ0) is 14.8. The minimum Gasteiger partial charge on any atom is -0.271 e. The van der Waals surface area contributed by atoms with Gasteiger partial charge in [0.15, 0.2) is 0 Å². The maximum atomic E-state index is 6.13. The van der Waals surface area contributed by atoms with Gasteiger partial charge in [-0.2, -0.15) is 0 Å². The molecule has 3 rings (SSSR count). The molecule has 0 heterocycles. The molecule has 0 radical (unpaired) electrons. The molecule has 3 aromatic rings. The average molecular weight is 297 g/mol. The summed E-state index contributed by atoms with van der Waals surface area (Å²) in [5.74, 6) is 5.81. The third-order valence-corrected chi connectivity index (χ3v) is 4.06. The first-order valence-corrected chi connectivity index (χ1v) is 7.28. The second-order valence-corrected chi connectivity index (χ2v) is 5.64. The molecule has 0 aliphatic heterocycles. The molecule has 3 N–H and O–H groups in total. The van der Waals surface area contributed by atoms with Crippen LogP contribution in [0.25, 0.3) is 10.8 Å². The maximum absolute atomic E-state index is 6.13. The zero-order valence-electron chi connectivity index (χ0n) is 11.8. The van der Waals surface area contributed by atoms with Crippen molar-refractivity contribution in [2.75, 3.05) is 0 Å². The number of hydrogen-bond acceptors (Lipinski definition) is 2. The van der Waals surface area contributed by atoms with E-state index < -0.39 is 0 Å². The third-order valence-electron chi connectivity index (χ3n) is 3.83. The van der Waals surface area contributed by atoms with Gasteiger partial charge in [-0.1, -0.05) is 54.1 Å². The van der Waals surface area contributed by atoms with Crippen molar-refractivity contribution in [1.29, 1.82) is 0 Å². The van der Waals surface area contributed by atoms with Gasteiger partial charge in [0.2, 0.25) is 0 Å². The molecule has 0 aliphatic rings. The fraction of sp³-hybridized carbons (Fsp3) is 0.111. The van der Waals surface area contributed by atoms with Gasteiger partial charge in [-0.05, 0) is 52.6 Å². The van der Waals surface area contributed by atoms with Crippen LogP contribution in [0.2, 0.25) is 5.02 Å². The van der Waals surface area contributed by atoms with Crippen LogP contribution in [0.5, 0.6) is 0 Å². The first kappa shape index (κ1) is 14.1. The van der Waals surface area contributed by atoms with Crippen molar-refractivity contribution >= 4 is 22.4 Å². The standard InChI is InChI=1S/C18H17ClN2/c1-12-6-9-16(19)11-17(12)18(21-20)15-8-7-13-4-2-3-5-14(13)10-15/h2-11,18,21H,20H2,1H3. The smallest absolute Gasteiger partial charge is 0.0713 e. The van der Waals surface area contributed by atoms with E-state index in [2.05, 4.69) is 42.7 Å². The lowest BCUT2D eigenvalue weighted by atomic mass is 9.94.